The molecule has 0 atom stereocenters. The fourth-order valence-electron chi connectivity index (χ4n) is 4.96. The third-order valence-electron chi connectivity index (χ3n) is 7.07. The topological polar surface area (TPSA) is 106 Å². The lowest BCUT2D eigenvalue weighted by Gasteiger charge is -2.36. The predicted octanol–water partition coefficient (Wildman–Crippen LogP) is 3.18. The summed E-state index contributed by atoms with van der Waals surface area (Å²) in [6.45, 7) is 6.14. The van der Waals surface area contributed by atoms with Crippen molar-refractivity contribution < 1.29 is 17.3 Å². The zero-order valence-electron chi connectivity index (χ0n) is 19.7. The van der Waals surface area contributed by atoms with Crippen LogP contribution < -0.4 is 5.32 Å². The largest absolute Gasteiger partial charge is 0.337 e. The number of fused-ring (bicyclic) bond motifs is 1. The second kappa shape index (κ2) is 9.01. The van der Waals surface area contributed by atoms with Gasteiger partial charge in [-0.1, -0.05) is 26.0 Å². The summed E-state index contributed by atoms with van der Waals surface area (Å²) in [5, 5.41) is 13.1. The van der Waals surface area contributed by atoms with E-state index >= 15 is 0 Å². The van der Waals surface area contributed by atoms with E-state index in [-0.39, 0.29) is 23.6 Å². The summed E-state index contributed by atoms with van der Waals surface area (Å²) in [7, 11) is -3.09. The number of sulfonamides is 1. The minimum atomic E-state index is -3.09. The third-order valence-corrected chi connectivity index (χ3v) is 8.38. The Bertz CT molecular complexity index is 1270. The van der Waals surface area contributed by atoms with Gasteiger partial charge in [-0.3, -0.25) is 0 Å². The highest BCUT2D eigenvalue weighted by molar-refractivity contribution is 7.88. The lowest BCUT2D eigenvalue weighted by molar-refractivity contribution is 0.209. The van der Waals surface area contributed by atoms with E-state index < -0.39 is 10.0 Å². The summed E-state index contributed by atoms with van der Waals surface area (Å²) in [5.41, 5.74) is 1.17. The number of hydrogen-bond donors (Lipinski definition) is 1. The molecule has 9 nitrogen and oxygen atoms in total. The molecule has 0 spiro atoms. The molecule has 1 saturated carbocycles. The van der Waals surface area contributed by atoms with Crippen molar-refractivity contribution in [2.24, 2.45) is 5.92 Å². The van der Waals surface area contributed by atoms with Gasteiger partial charge in [0.05, 0.1) is 11.9 Å². The Morgan fingerprint density at radius 1 is 1.24 bits per heavy atom. The van der Waals surface area contributed by atoms with Gasteiger partial charge in [0.25, 0.3) is 5.95 Å². The standard InChI is InChI=1S/C23H31FN6O3S/c1-14(2)20-18-5-4-6-19(24)21(18)30(27-20)23-26-22(33-28-23)16-11-17(12-16)25-13-15-7-9-29(10-8-15)34(3,31)32/h4-6,14-17,25H,7-13H2,1-3H3. The molecule has 1 aliphatic carbocycles. The van der Waals surface area contributed by atoms with Crippen LogP contribution in [0.15, 0.2) is 22.7 Å². The van der Waals surface area contributed by atoms with Crippen molar-refractivity contribution >= 4 is 20.9 Å². The molecule has 0 radical (unpaired) electrons. The Labute approximate surface area is 198 Å². The predicted molar refractivity (Wildman–Crippen MR) is 126 cm³/mol. The van der Waals surface area contributed by atoms with Crippen LogP contribution in [-0.4, -0.2) is 64.6 Å². The van der Waals surface area contributed by atoms with E-state index in [1.165, 1.54) is 17.0 Å². The average molecular weight is 491 g/mol. The Balaban J connectivity index is 1.19. The van der Waals surface area contributed by atoms with Crippen molar-refractivity contribution in [2.45, 2.75) is 57.4 Å². The molecule has 34 heavy (non-hydrogen) atoms. The molecule has 1 saturated heterocycles. The second-order valence-corrected chi connectivity index (χ2v) is 11.9. The Morgan fingerprint density at radius 3 is 2.65 bits per heavy atom. The average Bonchev–Trinajstić information content (AvgIpc) is 3.38. The fourth-order valence-corrected chi connectivity index (χ4v) is 5.84. The van der Waals surface area contributed by atoms with Crippen LogP contribution >= 0.6 is 0 Å². The number of halogens is 1. The van der Waals surface area contributed by atoms with Gasteiger partial charge in [0.1, 0.15) is 11.3 Å². The molecule has 5 rings (SSSR count). The summed E-state index contributed by atoms with van der Waals surface area (Å²) >= 11 is 0. The smallest absolute Gasteiger partial charge is 0.291 e. The van der Waals surface area contributed by atoms with Crippen LogP contribution in [0.4, 0.5) is 4.39 Å². The van der Waals surface area contributed by atoms with Gasteiger partial charge in [-0.25, -0.2) is 17.1 Å². The molecule has 2 aliphatic rings. The van der Waals surface area contributed by atoms with Gasteiger partial charge < -0.3 is 9.84 Å². The monoisotopic (exact) mass is 490 g/mol. The zero-order valence-corrected chi connectivity index (χ0v) is 20.6. The maximum absolute atomic E-state index is 14.6. The van der Waals surface area contributed by atoms with Gasteiger partial charge in [-0.15, -0.1) is 0 Å². The Hall–Kier alpha value is -2.37. The van der Waals surface area contributed by atoms with Crippen LogP contribution in [0, 0.1) is 11.7 Å². The third kappa shape index (κ3) is 4.48. The first-order chi connectivity index (χ1) is 16.2. The molecule has 0 unspecified atom stereocenters. The molecular weight excluding hydrogens is 459 g/mol. The lowest BCUT2D eigenvalue weighted by atomic mass is 9.80. The van der Waals surface area contributed by atoms with Crippen LogP contribution in [0.2, 0.25) is 0 Å². The number of hydrogen-bond acceptors (Lipinski definition) is 7. The maximum Gasteiger partial charge on any atom is 0.291 e. The van der Waals surface area contributed by atoms with E-state index in [1.807, 2.05) is 19.9 Å². The van der Waals surface area contributed by atoms with Crippen LogP contribution in [0.1, 0.15) is 63.0 Å². The van der Waals surface area contributed by atoms with Crippen molar-refractivity contribution in [1.82, 2.24) is 29.5 Å². The van der Waals surface area contributed by atoms with Crippen LogP contribution in [0.25, 0.3) is 16.9 Å². The van der Waals surface area contributed by atoms with Crippen molar-refractivity contribution in [3.8, 4) is 5.95 Å². The van der Waals surface area contributed by atoms with Gasteiger partial charge in [0.15, 0.2) is 0 Å². The minimum Gasteiger partial charge on any atom is -0.337 e. The number of aromatic nitrogens is 4. The molecule has 0 bridgehead atoms. The first-order valence-electron chi connectivity index (χ1n) is 11.9. The maximum atomic E-state index is 14.6. The van der Waals surface area contributed by atoms with Crippen molar-refractivity contribution in [1.29, 1.82) is 0 Å². The van der Waals surface area contributed by atoms with Crippen molar-refractivity contribution in [3.63, 3.8) is 0 Å². The highest BCUT2D eigenvalue weighted by Crippen LogP contribution is 2.37. The molecule has 11 heteroatoms. The first kappa shape index (κ1) is 23.4. The van der Waals surface area contributed by atoms with E-state index in [1.54, 1.807) is 10.4 Å². The van der Waals surface area contributed by atoms with Gasteiger partial charge in [-0.05, 0) is 55.3 Å². The molecule has 1 aromatic carbocycles. The van der Waals surface area contributed by atoms with Gasteiger partial charge in [0.2, 0.25) is 15.9 Å². The summed E-state index contributed by atoms with van der Waals surface area (Å²) in [6.07, 6.45) is 4.84. The molecule has 1 aliphatic heterocycles. The number of benzene rings is 1. The number of rotatable bonds is 7. The first-order valence-corrected chi connectivity index (χ1v) is 13.7. The second-order valence-electron chi connectivity index (χ2n) is 9.90. The van der Waals surface area contributed by atoms with Gasteiger partial charge >= 0.3 is 0 Å². The van der Waals surface area contributed by atoms with Crippen LogP contribution in [-0.2, 0) is 10.0 Å². The molecule has 184 valence electrons. The molecule has 2 fully saturated rings. The summed E-state index contributed by atoms with van der Waals surface area (Å²) in [6, 6.07) is 5.35. The molecule has 2 aromatic heterocycles. The number of piperidine rings is 1. The fraction of sp³-hybridized carbons (Fsp3) is 0.609. The highest BCUT2D eigenvalue weighted by Gasteiger charge is 2.35. The van der Waals surface area contributed by atoms with Crippen LogP contribution in [0.5, 0.6) is 0 Å². The van der Waals surface area contributed by atoms with Crippen molar-refractivity contribution in [3.05, 3.63) is 35.6 Å². The number of nitrogens with one attached hydrogen (secondary N) is 1. The quantitative estimate of drug-likeness (QED) is 0.542. The van der Waals surface area contributed by atoms with Gasteiger partial charge in [0, 0.05) is 30.4 Å². The molecular formula is C23H31FN6O3S. The molecule has 3 heterocycles. The molecule has 3 aromatic rings. The zero-order chi connectivity index (χ0) is 24.0. The molecule has 0 amide bonds. The number of para-hydroxylation sites is 1. The Kier molecular flexibility index (Phi) is 6.19. The summed E-state index contributed by atoms with van der Waals surface area (Å²) in [4.78, 5) is 4.55. The lowest BCUT2D eigenvalue weighted by Crippen LogP contribution is -2.45. The van der Waals surface area contributed by atoms with E-state index in [9.17, 15) is 12.8 Å². The van der Waals surface area contributed by atoms with E-state index in [0.29, 0.717) is 36.5 Å². The molecule has 1 N–H and O–H groups in total. The Morgan fingerprint density at radius 2 is 1.97 bits per heavy atom. The number of nitrogens with zero attached hydrogens (tertiary/aromatic N) is 5. The van der Waals surface area contributed by atoms with E-state index in [4.69, 9.17) is 4.52 Å². The highest BCUT2D eigenvalue weighted by atomic mass is 32.2. The van der Waals surface area contributed by atoms with E-state index in [0.717, 1.165) is 43.3 Å². The normalized spacial score (nSPS) is 22.5. The SMILES string of the molecule is CC(C)c1nn(-c2noc(C3CC(NCC4CCN(S(C)(=O)=O)CC4)C3)n2)c2c(F)cccc12. The summed E-state index contributed by atoms with van der Waals surface area (Å²) < 4.78 is 46.5. The summed E-state index contributed by atoms with van der Waals surface area (Å²) in [5.74, 6) is 1.24. The van der Waals surface area contributed by atoms with Gasteiger partial charge in [-0.2, -0.15) is 14.8 Å². The van der Waals surface area contributed by atoms with Crippen molar-refractivity contribution in [2.75, 3.05) is 25.9 Å². The minimum absolute atomic E-state index is 0.133. The van der Waals surface area contributed by atoms with Crippen LogP contribution in [0.3, 0.4) is 0 Å². The van der Waals surface area contributed by atoms with E-state index in [2.05, 4.69) is 20.6 Å².